The van der Waals surface area contributed by atoms with Gasteiger partial charge in [-0.15, -0.1) is 0 Å². The summed E-state index contributed by atoms with van der Waals surface area (Å²) in [4.78, 5) is 32.7. The maximum atomic E-state index is 11.7. The summed E-state index contributed by atoms with van der Waals surface area (Å²) >= 11 is 0. The summed E-state index contributed by atoms with van der Waals surface area (Å²) in [7, 11) is 0. The van der Waals surface area contributed by atoms with Crippen LogP contribution < -0.4 is 21.5 Å². The Bertz CT molecular complexity index is 477. The number of nitrogens with two attached hydrogens (primary N) is 1. The van der Waals surface area contributed by atoms with E-state index in [1.54, 1.807) is 11.0 Å². The van der Waals surface area contributed by atoms with E-state index < -0.39 is 6.04 Å². The fourth-order valence-corrected chi connectivity index (χ4v) is 1.90. The number of nitrogens with zero attached hydrogens (tertiary/aromatic N) is 3. The lowest BCUT2D eigenvalue weighted by atomic mass is 10.1. The first-order valence-electron chi connectivity index (χ1n) is 5.54. The highest BCUT2D eigenvalue weighted by atomic mass is 16.2. The molecule has 18 heavy (non-hydrogen) atoms. The molecule has 0 radical (unpaired) electrons. The molecular weight excluding hydrogens is 236 g/mol. The molecule has 4 N–H and O–H groups in total. The zero-order valence-electron chi connectivity index (χ0n) is 9.88. The van der Waals surface area contributed by atoms with Crippen molar-refractivity contribution in [1.82, 2.24) is 15.3 Å². The third-order valence-electron chi connectivity index (χ3n) is 2.74. The van der Waals surface area contributed by atoms with Crippen LogP contribution in [0.5, 0.6) is 0 Å². The van der Waals surface area contributed by atoms with Gasteiger partial charge in [0, 0.05) is 6.07 Å². The van der Waals surface area contributed by atoms with Crippen LogP contribution in [0.2, 0.25) is 0 Å². The van der Waals surface area contributed by atoms with Gasteiger partial charge in [-0.25, -0.2) is 15.8 Å². The molecule has 1 aromatic rings. The van der Waals surface area contributed by atoms with Gasteiger partial charge in [0.1, 0.15) is 24.0 Å². The number of carbonyl (C=O) groups excluding carboxylic acids is 2. The molecule has 2 rings (SSSR count). The summed E-state index contributed by atoms with van der Waals surface area (Å²) in [5.41, 5.74) is 2.40. The normalized spacial score (nSPS) is 19.7. The highest BCUT2D eigenvalue weighted by molar-refractivity contribution is 6.04. The minimum atomic E-state index is -0.414. The van der Waals surface area contributed by atoms with E-state index in [0.717, 1.165) is 0 Å². The molecule has 8 heteroatoms. The van der Waals surface area contributed by atoms with Crippen molar-refractivity contribution in [3.8, 4) is 0 Å². The SMILES string of the molecule is CCC1C(=O)NC(=O)CN1c1cc(NN)ncn1. The molecule has 1 atom stereocenters. The van der Waals surface area contributed by atoms with E-state index >= 15 is 0 Å². The maximum absolute atomic E-state index is 11.7. The van der Waals surface area contributed by atoms with Crippen LogP contribution in [0.25, 0.3) is 0 Å². The molecule has 0 aliphatic carbocycles. The number of carbonyl (C=O) groups is 2. The van der Waals surface area contributed by atoms with E-state index in [4.69, 9.17) is 5.84 Å². The van der Waals surface area contributed by atoms with Crippen LogP contribution in [-0.2, 0) is 9.59 Å². The van der Waals surface area contributed by atoms with Crippen LogP contribution in [0.3, 0.4) is 0 Å². The minimum absolute atomic E-state index is 0.0886. The second-order valence-electron chi connectivity index (χ2n) is 3.87. The molecule has 1 saturated heterocycles. The number of hydrogen-bond donors (Lipinski definition) is 3. The van der Waals surface area contributed by atoms with Crippen LogP contribution in [0.4, 0.5) is 11.6 Å². The minimum Gasteiger partial charge on any atom is -0.335 e. The quantitative estimate of drug-likeness (QED) is 0.358. The average molecular weight is 250 g/mol. The predicted molar refractivity (Wildman–Crippen MR) is 64.4 cm³/mol. The smallest absolute Gasteiger partial charge is 0.249 e. The van der Waals surface area contributed by atoms with E-state index in [0.29, 0.717) is 18.1 Å². The Morgan fingerprint density at radius 1 is 1.56 bits per heavy atom. The molecule has 0 bridgehead atoms. The monoisotopic (exact) mass is 250 g/mol. The highest BCUT2D eigenvalue weighted by Crippen LogP contribution is 2.19. The van der Waals surface area contributed by atoms with Crippen molar-refractivity contribution in [2.24, 2.45) is 5.84 Å². The largest absolute Gasteiger partial charge is 0.335 e. The highest BCUT2D eigenvalue weighted by Gasteiger charge is 2.33. The summed E-state index contributed by atoms with van der Waals surface area (Å²) in [6, 6.07) is 1.18. The molecule has 0 spiro atoms. The number of piperazine rings is 1. The second-order valence-corrected chi connectivity index (χ2v) is 3.87. The molecule has 8 nitrogen and oxygen atoms in total. The van der Waals surface area contributed by atoms with Crippen molar-refractivity contribution in [3.05, 3.63) is 12.4 Å². The molecular formula is C10H14N6O2. The second kappa shape index (κ2) is 4.96. The first-order valence-corrected chi connectivity index (χ1v) is 5.54. The molecule has 1 aliphatic rings. The third-order valence-corrected chi connectivity index (χ3v) is 2.74. The van der Waals surface area contributed by atoms with E-state index in [1.807, 2.05) is 6.92 Å². The Hall–Kier alpha value is -2.22. The van der Waals surface area contributed by atoms with Crippen LogP contribution in [-0.4, -0.2) is 34.4 Å². The fraction of sp³-hybridized carbons (Fsp3) is 0.400. The number of aromatic nitrogens is 2. The topological polar surface area (TPSA) is 113 Å². The number of rotatable bonds is 3. The fourth-order valence-electron chi connectivity index (χ4n) is 1.90. The lowest BCUT2D eigenvalue weighted by Gasteiger charge is -2.34. The number of nitrogen functional groups attached to an aromatic ring is 1. The van der Waals surface area contributed by atoms with Gasteiger partial charge < -0.3 is 10.3 Å². The molecule has 0 saturated carbocycles. The Labute approximate surface area is 104 Å². The van der Waals surface area contributed by atoms with Gasteiger partial charge in [-0.1, -0.05) is 6.92 Å². The molecule has 0 aromatic carbocycles. The van der Waals surface area contributed by atoms with Crippen molar-refractivity contribution in [1.29, 1.82) is 0 Å². The number of hydrogen-bond acceptors (Lipinski definition) is 7. The number of anilines is 2. The van der Waals surface area contributed by atoms with E-state index in [1.165, 1.54) is 6.33 Å². The van der Waals surface area contributed by atoms with Gasteiger partial charge in [-0.3, -0.25) is 14.9 Å². The van der Waals surface area contributed by atoms with Crippen LogP contribution in [0.1, 0.15) is 13.3 Å². The summed E-state index contributed by atoms with van der Waals surface area (Å²) in [5.74, 6) is 5.53. The van der Waals surface area contributed by atoms with Crippen LogP contribution in [0, 0.1) is 0 Å². The van der Waals surface area contributed by atoms with Crippen LogP contribution in [0.15, 0.2) is 12.4 Å². The Kier molecular flexibility index (Phi) is 3.38. The summed E-state index contributed by atoms with van der Waals surface area (Å²) in [6.07, 6.45) is 1.91. The van der Waals surface area contributed by atoms with Crippen LogP contribution >= 0.6 is 0 Å². The number of imide groups is 1. The summed E-state index contributed by atoms with van der Waals surface area (Å²) in [5, 5.41) is 2.31. The Morgan fingerprint density at radius 2 is 2.33 bits per heavy atom. The molecule has 1 unspecified atom stereocenters. The number of amides is 2. The lowest BCUT2D eigenvalue weighted by Crippen LogP contribution is -2.58. The molecule has 96 valence electrons. The maximum Gasteiger partial charge on any atom is 0.249 e. The van der Waals surface area contributed by atoms with Crippen molar-refractivity contribution < 1.29 is 9.59 Å². The van der Waals surface area contributed by atoms with Gasteiger partial charge in [-0.2, -0.15) is 0 Å². The lowest BCUT2D eigenvalue weighted by molar-refractivity contribution is -0.132. The zero-order valence-corrected chi connectivity index (χ0v) is 9.88. The van der Waals surface area contributed by atoms with E-state index in [-0.39, 0.29) is 18.4 Å². The van der Waals surface area contributed by atoms with Gasteiger partial charge in [0.05, 0.1) is 6.54 Å². The van der Waals surface area contributed by atoms with Crippen molar-refractivity contribution in [3.63, 3.8) is 0 Å². The molecule has 1 aliphatic heterocycles. The predicted octanol–water partition coefficient (Wildman–Crippen LogP) is -0.996. The zero-order chi connectivity index (χ0) is 13.1. The molecule has 1 fully saturated rings. The van der Waals surface area contributed by atoms with Gasteiger partial charge in [0.15, 0.2) is 0 Å². The standard InChI is InChI=1S/C10H14N6O2/c1-2-6-10(18)14-9(17)4-16(6)8-3-7(15-11)12-5-13-8/h3,5-6H,2,4,11H2,1H3,(H,12,13,15)(H,14,17,18). The van der Waals surface area contributed by atoms with E-state index in [9.17, 15) is 9.59 Å². The molecule has 2 heterocycles. The first-order chi connectivity index (χ1) is 8.65. The molecule has 1 aromatic heterocycles. The van der Waals surface area contributed by atoms with Gasteiger partial charge >= 0.3 is 0 Å². The Morgan fingerprint density at radius 3 is 3.00 bits per heavy atom. The van der Waals surface area contributed by atoms with Gasteiger partial charge in [0.25, 0.3) is 0 Å². The van der Waals surface area contributed by atoms with Gasteiger partial charge in [0.2, 0.25) is 11.8 Å². The summed E-state index contributed by atoms with van der Waals surface area (Å²) < 4.78 is 0. The van der Waals surface area contributed by atoms with Crippen molar-refractivity contribution >= 4 is 23.5 Å². The average Bonchev–Trinajstić information content (AvgIpc) is 2.38. The van der Waals surface area contributed by atoms with Crippen molar-refractivity contribution in [2.45, 2.75) is 19.4 Å². The summed E-state index contributed by atoms with van der Waals surface area (Å²) in [6.45, 7) is 1.96. The Balaban J connectivity index is 2.33. The van der Waals surface area contributed by atoms with E-state index in [2.05, 4.69) is 20.7 Å². The van der Waals surface area contributed by atoms with Gasteiger partial charge in [-0.05, 0) is 6.42 Å². The number of nitrogens with one attached hydrogen (secondary N) is 2. The third kappa shape index (κ3) is 2.23. The number of hydrazine groups is 1. The first kappa shape index (κ1) is 12.2. The van der Waals surface area contributed by atoms with Crippen molar-refractivity contribution in [2.75, 3.05) is 16.9 Å². The molecule has 2 amide bonds.